The number of nitrogens with two attached hydrogens (primary N) is 1. The monoisotopic (exact) mass is 246 g/mol. The average Bonchev–Trinajstić information content (AvgIpc) is 2.72. The number of amides is 1. The van der Waals surface area contributed by atoms with Crippen molar-refractivity contribution in [1.29, 1.82) is 0 Å². The summed E-state index contributed by atoms with van der Waals surface area (Å²) in [6.07, 6.45) is 0. The Labute approximate surface area is 104 Å². The minimum absolute atomic E-state index is 0.0945. The molecule has 3 nitrogen and oxygen atoms in total. The van der Waals surface area contributed by atoms with Gasteiger partial charge in [0.15, 0.2) is 0 Å². The fourth-order valence-corrected chi connectivity index (χ4v) is 2.38. The summed E-state index contributed by atoms with van der Waals surface area (Å²) in [6.45, 7) is 2.60. The van der Waals surface area contributed by atoms with Crippen LogP contribution in [-0.2, 0) is 6.54 Å². The summed E-state index contributed by atoms with van der Waals surface area (Å²) in [5.74, 6) is -0.0945. The van der Waals surface area contributed by atoms with Crippen LogP contribution in [-0.4, -0.2) is 5.91 Å². The van der Waals surface area contributed by atoms with Gasteiger partial charge >= 0.3 is 0 Å². The molecule has 0 spiro atoms. The third-order valence-electron chi connectivity index (χ3n) is 2.55. The highest BCUT2D eigenvalue weighted by atomic mass is 32.1. The fraction of sp³-hybridized carbons (Fsp3) is 0.154. The molecule has 17 heavy (non-hydrogen) atoms. The lowest BCUT2D eigenvalue weighted by Crippen LogP contribution is -2.22. The molecule has 1 amide bonds. The van der Waals surface area contributed by atoms with Crippen LogP contribution in [0.5, 0.6) is 0 Å². The Hall–Kier alpha value is -1.81. The summed E-state index contributed by atoms with van der Waals surface area (Å²) in [7, 11) is 0. The second-order valence-corrected chi connectivity index (χ2v) is 4.63. The van der Waals surface area contributed by atoms with Crippen LogP contribution in [0.1, 0.15) is 21.5 Å². The normalized spacial score (nSPS) is 10.2. The van der Waals surface area contributed by atoms with Crippen LogP contribution in [0.4, 0.5) is 5.69 Å². The van der Waals surface area contributed by atoms with Crippen molar-refractivity contribution < 1.29 is 4.79 Å². The number of aryl methyl sites for hydroxylation is 1. The lowest BCUT2D eigenvalue weighted by atomic mass is 10.2. The maximum absolute atomic E-state index is 11.8. The van der Waals surface area contributed by atoms with E-state index < -0.39 is 0 Å². The Morgan fingerprint density at radius 1 is 1.41 bits per heavy atom. The molecule has 0 saturated heterocycles. The molecule has 0 saturated carbocycles. The Kier molecular flexibility index (Phi) is 3.44. The standard InChI is InChI=1S/C13H14N2OS/c1-9-7-17-8-11(9)6-15-13(16)10-3-2-4-12(14)5-10/h2-5,7-8H,6,14H2,1H3,(H,15,16). The smallest absolute Gasteiger partial charge is 0.251 e. The van der Waals surface area contributed by atoms with Gasteiger partial charge in [0.05, 0.1) is 0 Å². The third-order valence-corrected chi connectivity index (χ3v) is 3.46. The van der Waals surface area contributed by atoms with Crippen molar-refractivity contribution in [2.75, 3.05) is 5.73 Å². The number of thiophene rings is 1. The highest BCUT2D eigenvalue weighted by Crippen LogP contribution is 2.13. The number of benzene rings is 1. The predicted octanol–water partition coefficient (Wildman–Crippen LogP) is 2.57. The van der Waals surface area contributed by atoms with Crippen molar-refractivity contribution in [3.63, 3.8) is 0 Å². The lowest BCUT2D eigenvalue weighted by molar-refractivity contribution is 0.0951. The van der Waals surface area contributed by atoms with Crippen LogP contribution in [0.2, 0.25) is 0 Å². The molecule has 1 heterocycles. The molecule has 1 aromatic carbocycles. The molecule has 0 fully saturated rings. The van der Waals surface area contributed by atoms with Crippen LogP contribution >= 0.6 is 11.3 Å². The van der Waals surface area contributed by atoms with E-state index in [0.29, 0.717) is 17.8 Å². The van der Waals surface area contributed by atoms with E-state index in [4.69, 9.17) is 5.73 Å². The van der Waals surface area contributed by atoms with E-state index in [1.165, 1.54) is 5.56 Å². The molecule has 0 aliphatic rings. The predicted molar refractivity (Wildman–Crippen MR) is 71.1 cm³/mol. The quantitative estimate of drug-likeness (QED) is 0.818. The van der Waals surface area contributed by atoms with Gasteiger partial charge in [0.2, 0.25) is 0 Å². The Bertz CT molecular complexity index is 534. The van der Waals surface area contributed by atoms with Crippen LogP contribution < -0.4 is 11.1 Å². The summed E-state index contributed by atoms with van der Waals surface area (Å²) in [5.41, 5.74) is 9.20. The maximum Gasteiger partial charge on any atom is 0.251 e. The average molecular weight is 246 g/mol. The Balaban J connectivity index is 2.01. The SMILES string of the molecule is Cc1cscc1CNC(=O)c1cccc(N)c1. The topological polar surface area (TPSA) is 55.1 Å². The second-order valence-electron chi connectivity index (χ2n) is 3.89. The molecule has 2 aromatic rings. The summed E-state index contributed by atoms with van der Waals surface area (Å²) in [6, 6.07) is 6.97. The summed E-state index contributed by atoms with van der Waals surface area (Å²) >= 11 is 1.64. The van der Waals surface area contributed by atoms with Crippen LogP contribution in [0.3, 0.4) is 0 Å². The number of nitrogens with one attached hydrogen (secondary N) is 1. The number of hydrogen-bond donors (Lipinski definition) is 2. The molecule has 0 radical (unpaired) electrons. The van der Waals surface area contributed by atoms with Crippen LogP contribution in [0, 0.1) is 6.92 Å². The van der Waals surface area contributed by atoms with Gasteiger partial charge in [-0.2, -0.15) is 11.3 Å². The van der Waals surface area contributed by atoms with E-state index in [0.717, 1.165) is 5.56 Å². The third kappa shape index (κ3) is 2.85. The van der Waals surface area contributed by atoms with Gasteiger partial charge in [0.25, 0.3) is 5.91 Å². The number of nitrogen functional groups attached to an aromatic ring is 1. The van der Waals surface area contributed by atoms with Crippen molar-refractivity contribution in [1.82, 2.24) is 5.32 Å². The lowest BCUT2D eigenvalue weighted by Gasteiger charge is -2.05. The van der Waals surface area contributed by atoms with Gasteiger partial charge in [-0.1, -0.05) is 6.07 Å². The van der Waals surface area contributed by atoms with Gasteiger partial charge in [-0.25, -0.2) is 0 Å². The molecule has 2 rings (SSSR count). The van der Waals surface area contributed by atoms with Gasteiger partial charge < -0.3 is 11.1 Å². The Morgan fingerprint density at radius 2 is 2.24 bits per heavy atom. The van der Waals surface area contributed by atoms with Crippen molar-refractivity contribution in [2.45, 2.75) is 13.5 Å². The first kappa shape index (κ1) is 11.7. The molecule has 0 unspecified atom stereocenters. The largest absolute Gasteiger partial charge is 0.399 e. The van der Waals surface area contributed by atoms with Gasteiger partial charge in [0.1, 0.15) is 0 Å². The molecule has 4 heteroatoms. The zero-order valence-electron chi connectivity index (χ0n) is 9.57. The molecule has 0 aliphatic carbocycles. The minimum atomic E-state index is -0.0945. The molecular weight excluding hydrogens is 232 g/mol. The van der Waals surface area contributed by atoms with Crippen molar-refractivity contribution in [3.8, 4) is 0 Å². The Morgan fingerprint density at radius 3 is 2.88 bits per heavy atom. The molecule has 88 valence electrons. The van der Waals surface area contributed by atoms with Crippen LogP contribution in [0.15, 0.2) is 35.0 Å². The van der Waals surface area contributed by atoms with E-state index in [1.807, 2.05) is 6.92 Å². The van der Waals surface area contributed by atoms with Crippen molar-refractivity contribution in [2.24, 2.45) is 0 Å². The van der Waals surface area contributed by atoms with E-state index in [9.17, 15) is 4.79 Å². The summed E-state index contributed by atoms with van der Waals surface area (Å²) in [4.78, 5) is 11.8. The van der Waals surface area contributed by atoms with Crippen molar-refractivity contribution in [3.05, 3.63) is 51.7 Å². The molecule has 3 N–H and O–H groups in total. The van der Waals surface area contributed by atoms with Gasteiger partial charge in [-0.05, 0) is 47.0 Å². The number of carbonyl (C=O) groups excluding carboxylic acids is 1. The molecule has 0 bridgehead atoms. The van der Waals surface area contributed by atoms with E-state index >= 15 is 0 Å². The fourth-order valence-electron chi connectivity index (χ4n) is 1.53. The van der Waals surface area contributed by atoms with Gasteiger partial charge in [0, 0.05) is 17.8 Å². The first-order chi connectivity index (χ1) is 8.16. The van der Waals surface area contributed by atoms with Crippen molar-refractivity contribution >= 4 is 22.9 Å². The first-order valence-electron chi connectivity index (χ1n) is 5.32. The van der Waals surface area contributed by atoms with E-state index in [1.54, 1.807) is 35.6 Å². The highest BCUT2D eigenvalue weighted by Gasteiger charge is 2.06. The number of carbonyl (C=O) groups is 1. The van der Waals surface area contributed by atoms with E-state index in [2.05, 4.69) is 16.1 Å². The summed E-state index contributed by atoms with van der Waals surface area (Å²) in [5, 5.41) is 7.00. The van der Waals surface area contributed by atoms with Crippen LogP contribution in [0.25, 0.3) is 0 Å². The van der Waals surface area contributed by atoms with Gasteiger partial charge in [-0.15, -0.1) is 0 Å². The molecule has 1 aromatic heterocycles. The summed E-state index contributed by atoms with van der Waals surface area (Å²) < 4.78 is 0. The first-order valence-corrected chi connectivity index (χ1v) is 6.26. The zero-order valence-corrected chi connectivity index (χ0v) is 10.4. The number of rotatable bonds is 3. The molecular formula is C13H14N2OS. The molecule has 0 atom stereocenters. The number of anilines is 1. The minimum Gasteiger partial charge on any atom is -0.399 e. The van der Waals surface area contributed by atoms with E-state index in [-0.39, 0.29) is 5.91 Å². The molecule has 0 aliphatic heterocycles. The number of hydrogen-bond acceptors (Lipinski definition) is 3. The zero-order chi connectivity index (χ0) is 12.3. The van der Waals surface area contributed by atoms with Gasteiger partial charge in [-0.3, -0.25) is 4.79 Å². The second kappa shape index (κ2) is 5.01. The highest BCUT2D eigenvalue weighted by molar-refractivity contribution is 7.08. The maximum atomic E-state index is 11.8.